The summed E-state index contributed by atoms with van der Waals surface area (Å²) < 4.78 is 0. The van der Waals surface area contributed by atoms with Gasteiger partial charge in [0.1, 0.15) is 0 Å². The van der Waals surface area contributed by atoms with E-state index in [-0.39, 0.29) is 0 Å². The van der Waals surface area contributed by atoms with Crippen molar-refractivity contribution in [3.63, 3.8) is 0 Å². The van der Waals surface area contributed by atoms with Crippen molar-refractivity contribution < 1.29 is 0 Å². The SMILES string of the molecule is CC(C)CC[P+](CCP(c1ccccc1)c1ccccc1)(c1ccccc1)c1ccccc1. The van der Waals surface area contributed by atoms with E-state index >= 15 is 0 Å². The monoisotopic (exact) mass is 469 g/mol. The summed E-state index contributed by atoms with van der Waals surface area (Å²) >= 11 is 0. The third kappa shape index (κ3) is 6.00. The van der Waals surface area contributed by atoms with Crippen molar-refractivity contribution in [3.8, 4) is 0 Å². The van der Waals surface area contributed by atoms with Crippen molar-refractivity contribution in [2.75, 3.05) is 18.5 Å². The smallest absolute Gasteiger partial charge is 0.0626 e. The maximum absolute atomic E-state index is 2.40. The molecule has 0 nitrogen and oxygen atoms in total. The first-order chi connectivity index (χ1) is 16.2. The lowest BCUT2D eigenvalue weighted by Crippen LogP contribution is -2.30. The number of rotatable bonds is 10. The molecule has 33 heavy (non-hydrogen) atoms. The van der Waals surface area contributed by atoms with Crippen molar-refractivity contribution in [3.05, 3.63) is 121 Å². The fourth-order valence-electron chi connectivity index (χ4n) is 4.58. The van der Waals surface area contributed by atoms with E-state index in [2.05, 4.69) is 135 Å². The van der Waals surface area contributed by atoms with Crippen LogP contribution in [0.1, 0.15) is 20.3 Å². The third-order valence-electron chi connectivity index (χ3n) is 6.43. The summed E-state index contributed by atoms with van der Waals surface area (Å²) in [5.74, 6) is 0.710. The maximum Gasteiger partial charge on any atom is 0.0991 e. The normalized spacial score (nSPS) is 11.8. The van der Waals surface area contributed by atoms with Gasteiger partial charge in [-0.2, -0.15) is 0 Å². The van der Waals surface area contributed by atoms with Gasteiger partial charge in [0.25, 0.3) is 0 Å². The molecular formula is C31H35P2+. The molecule has 4 rings (SSSR count). The van der Waals surface area contributed by atoms with Crippen molar-refractivity contribution in [2.24, 2.45) is 5.92 Å². The van der Waals surface area contributed by atoms with E-state index in [0.29, 0.717) is 5.92 Å². The van der Waals surface area contributed by atoms with Crippen molar-refractivity contribution in [2.45, 2.75) is 20.3 Å². The molecular weight excluding hydrogens is 434 g/mol. The summed E-state index contributed by atoms with van der Waals surface area (Å²) in [4.78, 5) is 0. The summed E-state index contributed by atoms with van der Waals surface area (Å²) in [5, 5.41) is 6.10. The van der Waals surface area contributed by atoms with Crippen molar-refractivity contribution in [1.82, 2.24) is 0 Å². The molecule has 0 aliphatic heterocycles. The van der Waals surface area contributed by atoms with E-state index in [1.807, 2.05) is 0 Å². The Balaban J connectivity index is 1.76. The molecule has 0 N–H and O–H groups in total. The molecule has 0 fully saturated rings. The second-order valence-corrected chi connectivity index (χ2v) is 15.3. The van der Waals surface area contributed by atoms with Gasteiger partial charge in [0.05, 0.1) is 30.2 Å². The highest BCUT2D eigenvalue weighted by atomic mass is 31.2. The first-order valence-corrected chi connectivity index (χ1v) is 15.7. The van der Waals surface area contributed by atoms with Gasteiger partial charge in [-0.15, -0.1) is 0 Å². The molecule has 4 aromatic rings. The Hall–Kier alpha value is -2.26. The minimum absolute atomic E-state index is 0.394. The minimum Gasteiger partial charge on any atom is -0.0626 e. The van der Waals surface area contributed by atoms with Crippen LogP contribution < -0.4 is 21.2 Å². The molecule has 2 heteroatoms. The maximum atomic E-state index is 2.40. The zero-order valence-electron chi connectivity index (χ0n) is 19.8. The van der Waals surface area contributed by atoms with Crippen LogP contribution in [0.5, 0.6) is 0 Å². The van der Waals surface area contributed by atoms with Gasteiger partial charge in [0.2, 0.25) is 0 Å². The lowest BCUT2D eigenvalue weighted by atomic mass is 10.2. The van der Waals surface area contributed by atoms with Crippen LogP contribution in [0.3, 0.4) is 0 Å². The predicted octanol–water partition coefficient (Wildman–Crippen LogP) is 6.83. The molecule has 4 aromatic carbocycles. The molecule has 0 atom stereocenters. The fraction of sp³-hybridized carbons (Fsp3) is 0.226. The molecule has 0 saturated heterocycles. The van der Waals surface area contributed by atoms with Crippen LogP contribution in [0.2, 0.25) is 0 Å². The molecule has 0 saturated carbocycles. The topological polar surface area (TPSA) is 0 Å². The molecule has 0 spiro atoms. The summed E-state index contributed by atoms with van der Waals surface area (Å²) in [6.07, 6.45) is 5.03. The summed E-state index contributed by atoms with van der Waals surface area (Å²) in [5.41, 5.74) is 0. The lowest BCUT2D eigenvalue weighted by molar-refractivity contribution is 0.629. The summed E-state index contributed by atoms with van der Waals surface area (Å²) in [6.45, 7) is 4.73. The Bertz CT molecular complexity index is 998. The largest absolute Gasteiger partial charge is 0.0991 e. The standard InChI is InChI=1S/C31H35P2/c1-27(2)23-25-33(30-19-11-5-12-20-30,31-21-13-6-14-22-31)26-24-32(28-15-7-3-8-16-28)29-17-9-4-10-18-29/h3-22,27H,23-26H2,1-2H3/q+1. The minimum atomic E-state index is -1.53. The second-order valence-electron chi connectivity index (χ2n) is 9.09. The molecule has 0 aromatic heterocycles. The predicted molar refractivity (Wildman–Crippen MR) is 152 cm³/mol. The summed E-state index contributed by atoms with van der Waals surface area (Å²) in [6, 6.07) is 45.2. The third-order valence-corrected chi connectivity index (χ3v) is 13.9. The highest BCUT2D eigenvalue weighted by molar-refractivity contribution is 7.90. The first kappa shape index (κ1) is 23.9. The molecule has 0 aliphatic carbocycles. The van der Waals surface area contributed by atoms with Gasteiger partial charge in [0, 0.05) is 6.16 Å². The van der Waals surface area contributed by atoms with Gasteiger partial charge in [-0.05, 0) is 55.1 Å². The average molecular weight is 470 g/mol. The van der Waals surface area contributed by atoms with Gasteiger partial charge >= 0.3 is 0 Å². The van der Waals surface area contributed by atoms with Crippen LogP contribution >= 0.6 is 15.2 Å². The highest BCUT2D eigenvalue weighted by Crippen LogP contribution is 2.59. The Morgan fingerprint density at radius 1 is 0.545 bits per heavy atom. The van der Waals surface area contributed by atoms with E-state index in [4.69, 9.17) is 0 Å². The van der Waals surface area contributed by atoms with Gasteiger partial charge in [0.15, 0.2) is 0 Å². The van der Waals surface area contributed by atoms with Crippen LogP contribution in [0.15, 0.2) is 121 Å². The Labute approximate surface area is 202 Å². The molecule has 0 unspecified atom stereocenters. The molecule has 0 radical (unpaired) electrons. The molecule has 0 heterocycles. The van der Waals surface area contributed by atoms with E-state index in [1.54, 1.807) is 10.6 Å². The molecule has 0 aliphatic rings. The highest BCUT2D eigenvalue weighted by Gasteiger charge is 2.42. The molecule has 168 valence electrons. The van der Waals surface area contributed by atoms with Gasteiger partial charge in [-0.1, -0.05) is 111 Å². The Kier molecular flexibility index (Phi) is 8.50. The van der Waals surface area contributed by atoms with Gasteiger partial charge in [-0.3, -0.25) is 0 Å². The number of hydrogen-bond donors (Lipinski definition) is 0. The van der Waals surface area contributed by atoms with Crippen LogP contribution in [0.4, 0.5) is 0 Å². The van der Waals surface area contributed by atoms with Crippen LogP contribution in [-0.2, 0) is 0 Å². The Morgan fingerprint density at radius 2 is 0.939 bits per heavy atom. The number of benzene rings is 4. The number of hydrogen-bond acceptors (Lipinski definition) is 0. The van der Waals surface area contributed by atoms with E-state index in [1.165, 1.54) is 35.5 Å². The lowest BCUT2D eigenvalue weighted by Gasteiger charge is -2.30. The van der Waals surface area contributed by atoms with Gasteiger partial charge < -0.3 is 0 Å². The van der Waals surface area contributed by atoms with Crippen LogP contribution in [0.25, 0.3) is 0 Å². The zero-order valence-corrected chi connectivity index (χ0v) is 21.6. The average Bonchev–Trinajstić information content (AvgIpc) is 2.88. The quantitative estimate of drug-likeness (QED) is 0.223. The fourth-order valence-corrected chi connectivity index (χ4v) is 12.6. The summed E-state index contributed by atoms with van der Waals surface area (Å²) in [7, 11) is -1.93. The zero-order chi connectivity index (χ0) is 22.9. The van der Waals surface area contributed by atoms with Crippen LogP contribution in [-0.4, -0.2) is 18.5 Å². The van der Waals surface area contributed by atoms with E-state index < -0.39 is 15.2 Å². The van der Waals surface area contributed by atoms with Gasteiger partial charge in [-0.25, -0.2) is 0 Å². The second kappa shape index (κ2) is 11.7. The van der Waals surface area contributed by atoms with Crippen molar-refractivity contribution in [1.29, 1.82) is 0 Å². The van der Waals surface area contributed by atoms with Crippen LogP contribution in [0, 0.1) is 5.92 Å². The van der Waals surface area contributed by atoms with Crippen molar-refractivity contribution >= 4 is 36.4 Å². The molecule has 0 bridgehead atoms. The first-order valence-electron chi connectivity index (χ1n) is 12.0. The van der Waals surface area contributed by atoms with E-state index in [0.717, 1.165) is 0 Å². The molecule has 0 amide bonds. The van der Waals surface area contributed by atoms with E-state index in [9.17, 15) is 0 Å². The Morgan fingerprint density at radius 3 is 1.33 bits per heavy atom.